The molecule has 6 heteroatoms. The van der Waals surface area contributed by atoms with Crippen LogP contribution in [-0.2, 0) is 6.54 Å². The number of nitrogens with one attached hydrogen (secondary N) is 1. The van der Waals surface area contributed by atoms with Crippen LogP contribution >= 0.6 is 12.6 Å². The fourth-order valence-corrected chi connectivity index (χ4v) is 4.41. The molecule has 0 spiro atoms. The van der Waals surface area contributed by atoms with E-state index in [1.54, 1.807) is 6.26 Å². The van der Waals surface area contributed by atoms with Gasteiger partial charge in [-0.25, -0.2) is 0 Å². The Morgan fingerprint density at radius 2 is 1.78 bits per heavy atom. The number of benzene rings is 2. The van der Waals surface area contributed by atoms with Crippen molar-refractivity contribution in [1.29, 1.82) is 5.26 Å². The predicted octanol–water partition coefficient (Wildman–Crippen LogP) is 5.65. The molecule has 1 aliphatic rings. The highest BCUT2D eigenvalue weighted by molar-refractivity contribution is 7.79. The number of aryl methyl sites for hydroxylation is 1. The van der Waals surface area contributed by atoms with Gasteiger partial charge in [-0.15, -0.1) is 0 Å². The van der Waals surface area contributed by atoms with Gasteiger partial charge >= 0.3 is 0 Å². The van der Waals surface area contributed by atoms with Crippen LogP contribution in [0.3, 0.4) is 0 Å². The maximum absolute atomic E-state index is 9.94. The van der Waals surface area contributed by atoms with Crippen molar-refractivity contribution in [1.82, 2.24) is 9.47 Å². The molecule has 5 nitrogen and oxygen atoms in total. The van der Waals surface area contributed by atoms with E-state index in [2.05, 4.69) is 77.7 Å². The Bertz CT molecular complexity index is 1050. The van der Waals surface area contributed by atoms with Gasteiger partial charge in [-0.3, -0.25) is 4.90 Å². The van der Waals surface area contributed by atoms with E-state index in [1.807, 2.05) is 12.1 Å². The molecule has 0 atom stereocenters. The lowest BCUT2D eigenvalue weighted by atomic mass is 10.1. The number of likely N-dealkylation sites (tertiary alicyclic amines) is 1. The molecule has 0 unspecified atom stereocenters. The largest absolute Gasteiger partial charge is 0.492 e. The van der Waals surface area contributed by atoms with Crippen molar-refractivity contribution in [3.63, 3.8) is 0 Å². The lowest BCUT2D eigenvalue weighted by molar-refractivity contribution is 0.238. The molecule has 2 heterocycles. The molecule has 0 saturated carbocycles. The van der Waals surface area contributed by atoms with Crippen molar-refractivity contribution in [2.24, 2.45) is 0 Å². The monoisotopic (exact) mass is 450 g/mol. The van der Waals surface area contributed by atoms with Gasteiger partial charge in [-0.2, -0.15) is 17.9 Å². The molecule has 1 N–H and O–H groups in total. The van der Waals surface area contributed by atoms with Gasteiger partial charge in [0.1, 0.15) is 18.4 Å². The summed E-state index contributed by atoms with van der Waals surface area (Å²) in [5.74, 6) is 0.868. The molecule has 32 heavy (non-hydrogen) atoms. The minimum Gasteiger partial charge on any atom is -0.492 e. The summed E-state index contributed by atoms with van der Waals surface area (Å²) in [6, 6.07) is 16.9. The summed E-state index contributed by atoms with van der Waals surface area (Å²) in [6.45, 7) is 9.92. The maximum Gasteiger partial charge on any atom is 0.121 e. The second kappa shape index (κ2) is 11.8. The average Bonchev–Trinajstić information content (AvgIpc) is 3.46. The first-order chi connectivity index (χ1) is 15.7. The summed E-state index contributed by atoms with van der Waals surface area (Å²) in [4.78, 5) is 2.45. The van der Waals surface area contributed by atoms with Crippen LogP contribution in [0.4, 0.5) is 5.69 Å². The van der Waals surface area contributed by atoms with Crippen LogP contribution in [0.25, 0.3) is 22.2 Å². The van der Waals surface area contributed by atoms with Crippen LogP contribution in [-0.4, -0.2) is 48.5 Å². The Hall–Kier alpha value is -2.62. The van der Waals surface area contributed by atoms with Crippen LogP contribution in [0, 0.1) is 11.3 Å². The predicted molar refractivity (Wildman–Crippen MR) is 138 cm³/mol. The zero-order valence-corrected chi connectivity index (χ0v) is 20.3. The molecule has 0 radical (unpaired) electrons. The van der Waals surface area contributed by atoms with Crippen LogP contribution in [0.5, 0.6) is 5.75 Å². The smallest absolute Gasteiger partial charge is 0.121 e. The third-order valence-electron chi connectivity index (χ3n) is 5.88. The summed E-state index contributed by atoms with van der Waals surface area (Å²) in [7, 11) is 0. The Balaban J connectivity index is 0.00000141. The van der Waals surface area contributed by atoms with E-state index in [9.17, 15) is 5.26 Å². The second-order valence-corrected chi connectivity index (χ2v) is 7.76. The molecule has 3 aromatic rings. The zero-order chi connectivity index (χ0) is 22.9. The van der Waals surface area contributed by atoms with Crippen LogP contribution in [0.1, 0.15) is 32.3 Å². The van der Waals surface area contributed by atoms with Gasteiger partial charge in [-0.1, -0.05) is 12.1 Å². The van der Waals surface area contributed by atoms with Crippen LogP contribution in [0.15, 0.2) is 42.5 Å². The van der Waals surface area contributed by atoms with Gasteiger partial charge in [0.05, 0.1) is 16.8 Å². The summed E-state index contributed by atoms with van der Waals surface area (Å²) in [5, 5.41) is 14.3. The van der Waals surface area contributed by atoms with Crippen molar-refractivity contribution in [2.75, 3.05) is 44.4 Å². The molecule has 1 aliphatic heterocycles. The number of rotatable bonds is 8. The lowest BCUT2D eigenvalue weighted by Crippen LogP contribution is -2.25. The number of thiol groups is 1. The average molecular weight is 451 g/mol. The van der Waals surface area contributed by atoms with Gasteiger partial charge in [0, 0.05) is 36.8 Å². The lowest BCUT2D eigenvalue weighted by Gasteiger charge is -2.15. The van der Waals surface area contributed by atoms with Crippen molar-refractivity contribution in [3.8, 4) is 23.1 Å². The van der Waals surface area contributed by atoms with Crippen LogP contribution < -0.4 is 10.1 Å². The van der Waals surface area contributed by atoms with Crippen molar-refractivity contribution < 1.29 is 4.74 Å². The second-order valence-electron chi connectivity index (χ2n) is 7.76. The van der Waals surface area contributed by atoms with Gasteiger partial charge in [0.15, 0.2) is 0 Å². The molecule has 1 saturated heterocycles. The number of anilines is 1. The highest BCUT2D eigenvalue weighted by Gasteiger charge is 2.19. The molecular formula is C26H34N4OS. The fraction of sp³-hybridized carbons (Fsp3) is 0.423. The molecule has 0 amide bonds. The number of fused-ring (bicyclic) bond motifs is 1. The van der Waals surface area contributed by atoms with Gasteiger partial charge in [0.25, 0.3) is 0 Å². The normalized spacial score (nSPS) is 13.5. The number of hydrogen-bond acceptors (Lipinski definition) is 5. The van der Waals surface area contributed by atoms with E-state index in [-0.39, 0.29) is 0 Å². The molecule has 170 valence electrons. The Morgan fingerprint density at radius 3 is 2.41 bits per heavy atom. The molecule has 1 fully saturated rings. The third kappa shape index (κ3) is 5.23. The Labute approximate surface area is 197 Å². The van der Waals surface area contributed by atoms with Crippen molar-refractivity contribution in [3.05, 3.63) is 48.0 Å². The SMILES string of the molecule is CCNc1ccc(-c2c(C#N)c3ccc(OCCN4CCCC4)cc3n2CC)cc1.CS. The Morgan fingerprint density at radius 1 is 1.06 bits per heavy atom. The third-order valence-corrected chi connectivity index (χ3v) is 5.88. The molecule has 0 aliphatic carbocycles. The summed E-state index contributed by atoms with van der Waals surface area (Å²) in [6.07, 6.45) is 4.29. The van der Waals surface area contributed by atoms with E-state index in [1.165, 1.54) is 25.9 Å². The van der Waals surface area contributed by atoms with E-state index in [0.29, 0.717) is 6.61 Å². The number of nitrogens with zero attached hydrogens (tertiary/aromatic N) is 3. The van der Waals surface area contributed by atoms with Gasteiger partial charge in [0.2, 0.25) is 0 Å². The molecule has 2 aromatic carbocycles. The number of hydrogen-bond donors (Lipinski definition) is 2. The number of nitriles is 1. The number of aromatic nitrogens is 1. The first-order valence-corrected chi connectivity index (χ1v) is 12.3. The molecule has 0 bridgehead atoms. The minimum atomic E-state index is 0.697. The fourth-order valence-electron chi connectivity index (χ4n) is 4.41. The number of ether oxygens (including phenoxy) is 1. The summed E-state index contributed by atoms with van der Waals surface area (Å²) >= 11 is 3.53. The van der Waals surface area contributed by atoms with E-state index in [4.69, 9.17) is 4.74 Å². The van der Waals surface area contributed by atoms with Crippen molar-refractivity contribution in [2.45, 2.75) is 33.2 Å². The zero-order valence-electron chi connectivity index (χ0n) is 19.4. The quantitative estimate of drug-likeness (QED) is 0.435. The van der Waals surface area contributed by atoms with E-state index in [0.717, 1.165) is 58.8 Å². The van der Waals surface area contributed by atoms with Crippen molar-refractivity contribution >= 4 is 29.2 Å². The highest BCUT2D eigenvalue weighted by Crippen LogP contribution is 2.35. The standard InChI is InChI=1S/C25H30N4O.CH4S/c1-3-27-20-9-7-19(8-10-20)25-23(18-26)22-12-11-21(17-24(22)29(25)4-2)30-16-15-28-13-5-6-14-28;1-2/h7-12,17,27H,3-6,13-16H2,1-2H3;2H,1H3. The van der Waals surface area contributed by atoms with E-state index >= 15 is 0 Å². The first-order valence-electron chi connectivity index (χ1n) is 11.5. The maximum atomic E-state index is 9.94. The summed E-state index contributed by atoms with van der Waals surface area (Å²) < 4.78 is 8.29. The van der Waals surface area contributed by atoms with E-state index < -0.39 is 0 Å². The minimum absolute atomic E-state index is 0.697. The topological polar surface area (TPSA) is 53.2 Å². The van der Waals surface area contributed by atoms with Gasteiger partial charge in [-0.05, 0) is 75.9 Å². The molecular weight excluding hydrogens is 416 g/mol. The highest BCUT2D eigenvalue weighted by atomic mass is 32.1. The summed E-state index contributed by atoms with van der Waals surface area (Å²) in [5.41, 5.74) is 4.91. The molecule has 1 aromatic heterocycles. The molecule has 4 rings (SSSR count). The Kier molecular flexibility index (Phi) is 8.90. The van der Waals surface area contributed by atoms with Crippen LogP contribution in [0.2, 0.25) is 0 Å². The van der Waals surface area contributed by atoms with Gasteiger partial charge < -0.3 is 14.6 Å². The first kappa shape index (κ1) is 24.0.